The Balaban J connectivity index is 3.23. The van der Waals surface area contributed by atoms with Crippen LogP contribution >= 0.6 is 0 Å². The first-order valence-electron chi connectivity index (χ1n) is 7.98. The maximum atomic E-state index is 11.4. The van der Waals surface area contributed by atoms with Crippen molar-refractivity contribution in [3.05, 3.63) is 0 Å². The molecule has 0 aliphatic heterocycles. The molecule has 3 heteroatoms. The standard InChI is InChI=1S/C16H32N2O/c1-4-5-6-7-8-9-10-11-12-13-16(19)18-17-14-15(2)3/h14-15H,4-13H2,1-3H3,(H,18,19)/b17-14+. The van der Waals surface area contributed by atoms with E-state index in [4.69, 9.17) is 0 Å². The number of carbonyl (C=O) groups is 1. The summed E-state index contributed by atoms with van der Waals surface area (Å²) in [5, 5.41) is 3.90. The SMILES string of the molecule is CCCCCCCCCCCC(=O)N/N=C/C(C)C. The number of hydrogen-bond donors (Lipinski definition) is 1. The fraction of sp³-hybridized carbons (Fsp3) is 0.875. The van der Waals surface area contributed by atoms with Crippen molar-refractivity contribution in [1.82, 2.24) is 5.43 Å². The maximum Gasteiger partial charge on any atom is 0.240 e. The minimum absolute atomic E-state index is 0.0415. The van der Waals surface area contributed by atoms with E-state index in [1.165, 1.54) is 44.9 Å². The number of hydrogen-bond acceptors (Lipinski definition) is 2. The molecule has 0 rings (SSSR count). The van der Waals surface area contributed by atoms with Crippen LogP contribution in [0.2, 0.25) is 0 Å². The number of nitrogens with zero attached hydrogens (tertiary/aromatic N) is 1. The number of hydrazone groups is 1. The van der Waals surface area contributed by atoms with Gasteiger partial charge in [0.15, 0.2) is 0 Å². The number of rotatable bonds is 12. The molecule has 0 aromatic rings. The minimum Gasteiger partial charge on any atom is -0.273 e. The molecule has 1 N–H and O–H groups in total. The van der Waals surface area contributed by atoms with Gasteiger partial charge in [0.05, 0.1) is 0 Å². The number of unbranched alkanes of at least 4 members (excludes halogenated alkanes) is 8. The molecule has 1 amide bonds. The van der Waals surface area contributed by atoms with Crippen LogP contribution in [-0.2, 0) is 4.79 Å². The maximum absolute atomic E-state index is 11.4. The number of amides is 1. The molecule has 0 aromatic carbocycles. The zero-order chi connectivity index (χ0) is 14.3. The number of nitrogens with one attached hydrogen (secondary N) is 1. The third-order valence-electron chi connectivity index (χ3n) is 3.07. The molecule has 0 aliphatic carbocycles. The highest BCUT2D eigenvalue weighted by atomic mass is 16.2. The molecule has 0 aromatic heterocycles. The Kier molecular flexibility index (Phi) is 13.0. The Hall–Kier alpha value is -0.860. The van der Waals surface area contributed by atoms with Gasteiger partial charge in [-0.2, -0.15) is 5.10 Å². The Morgan fingerprint density at radius 3 is 2.05 bits per heavy atom. The second-order valence-corrected chi connectivity index (χ2v) is 5.64. The van der Waals surface area contributed by atoms with Gasteiger partial charge in [-0.15, -0.1) is 0 Å². The molecular weight excluding hydrogens is 236 g/mol. The third kappa shape index (κ3) is 15.1. The van der Waals surface area contributed by atoms with Crippen LogP contribution in [0.1, 0.15) is 85.0 Å². The van der Waals surface area contributed by atoms with Crippen LogP contribution in [-0.4, -0.2) is 12.1 Å². The summed E-state index contributed by atoms with van der Waals surface area (Å²) in [5.41, 5.74) is 2.57. The highest BCUT2D eigenvalue weighted by molar-refractivity contribution is 5.76. The Labute approximate surface area is 119 Å². The first kappa shape index (κ1) is 18.1. The van der Waals surface area contributed by atoms with Crippen LogP contribution in [0.25, 0.3) is 0 Å². The first-order valence-corrected chi connectivity index (χ1v) is 7.98. The van der Waals surface area contributed by atoms with Gasteiger partial charge in [-0.05, 0) is 12.3 Å². The fourth-order valence-electron chi connectivity index (χ4n) is 1.91. The molecule has 0 saturated carbocycles. The van der Waals surface area contributed by atoms with Gasteiger partial charge in [-0.25, -0.2) is 5.43 Å². The van der Waals surface area contributed by atoms with E-state index in [1.807, 2.05) is 13.8 Å². The van der Waals surface area contributed by atoms with Gasteiger partial charge in [0.2, 0.25) is 5.91 Å². The molecule has 0 fully saturated rings. The molecule has 0 atom stereocenters. The van der Waals surface area contributed by atoms with Gasteiger partial charge < -0.3 is 0 Å². The van der Waals surface area contributed by atoms with Crippen molar-refractivity contribution in [2.45, 2.75) is 85.0 Å². The molecule has 0 bridgehead atoms. The van der Waals surface area contributed by atoms with E-state index in [9.17, 15) is 4.79 Å². The predicted molar refractivity (Wildman–Crippen MR) is 83.3 cm³/mol. The first-order chi connectivity index (χ1) is 9.16. The Bertz CT molecular complexity index is 237. The van der Waals surface area contributed by atoms with Crippen molar-refractivity contribution in [3.8, 4) is 0 Å². The van der Waals surface area contributed by atoms with Gasteiger partial charge in [0, 0.05) is 12.6 Å². The highest BCUT2D eigenvalue weighted by Gasteiger charge is 1.99. The van der Waals surface area contributed by atoms with Gasteiger partial charge in [-0.3, -0.25) is 4.79 Å². The topological polar surface area (TPSA) is 41.5 Å². The molecule has 0 spiro atoms. The third-order valence-corrected chi connectivity index (χ3v) is 3.07. The van der Waals surface area contributed by atoms with E-state index < -0.39 is 0 Å². The summed E-state index contributed by atoms with van der Waals surface area (Å²) >= 11 is 0. The zero-order valence-electron chi connectivity index (χ0n) is 13.1. The Morgan fingerprint density at radius 2 is 1.53 bits per heavy atom. The summed E-state index contributed by atoms with van der Waals surface area (Å²) in [4.78, 5) is 11.4. The summed E-state index contributed by atoms with van der Waals surface area (Å²) < 4.78 is 0. The van der Waals surface area contributed by atoms with Crippen LogP contribution < -0.4 is 5.43 Å². The van der Waals surface area contributed by atoms with Crippen molar-refractivity contribution < 1.29 is 4.79 Å². The summed E-state index contributed by atoms with van der Waals surface area (Å²) in [6.07, 6.45) is 13.9. The average molecular weight is 268 g/mol. The van der Waals surface area contributed by atoms with E-state index in [2.05, 4.69) is 17.5 Å². The molecule has 0 heterocycles. The molecule has 3 nitrogen and oxygen atoms in total. The molecule has 19 heavy (non-hydrogen) atoms. The van der Waals surface area contributed by atoms with E-state index in [-0.39, 0.29) is 5.91 Å². The van der Waals surface area contributed by atoms with Crippen LogP contribution in [0.4, 0.5) is 0 Å². The van der Waals surface area contributed by atoms with E-state index in [0.717, 1.165) is 12.8 Å². The normalized spacial score (nSPS) is 11.4. The summed E-state index contributed by atoms with van der Waals surface area (Å²) in [7, 11) is 0. The molecular formula is C16H32N2O. The quantitative estimate of drug-likeness (QED) is 0.312. The molecule has 0 saturated heterocycles. The smallest absolute Gasteiger partial charge is 0.240 e. The highest BCUT2D eigenvalue weighted by Crippen LogP contribution is 2.10. The van der Waals surface area contributed by atoms with Gasteiger partial charge in [0.25, 0.3) is 0 Å². The summed E-state index contributed by atoms with van der Waals surface area (Å²) in [6, 6.07) is 0. The zero-order valence-corrected chi connectivity index (χ0v) is 13.1. The molecule has 0 aliphatic rings. The van der Waals surface area contributed by atoms with Crippen molar-refractivity contribution >= 4 is 12.1 Å². The average Bonchev–Trinajstić information content (AvgIpc) is 2.36. The van der Waals surface area contributed by atoms with Crippen LogP contribution in [0.15, 0.2) is 5.10 Å². The predicted octanol–water partition coefficient (Wildman–Crippen LogP) is 4.67. The van der Waals surface area contributed by atoms with Gasteiger partial charge >= 0.3 is 0 Å². The monoisotopic (exact) mass is 268 g/mol. The van der Waals surface area contributed by atoms with Crippen LogP contribution in [0.3, 0.4) is 0 Å². The van der Waals surface area contributed by atoms with Gasteiger partial charge in [-0.1, -0.05) is 72.1 Å². The lowest BCUT2D eigenvalue weighted by Crippen LogP contribution is -2.17. The summed E-state index contributed by atoms with van der Waals surface area (Å²) in [5.74, 6) is 0.424. The molecule has 0 radical (unpaired) electrons. The fourth-order valence-corrected chi connectivity index (χ4v) is 1.91. The molecule has 0 unspecified atom stereocenters. The lowest BCUT2D eigenvalue weighted by atomic mass is 10.1. The van der Waals surface area contributed by atoms with Crippen molar-refractivity contribution in [3.63, 3.8) is 0 Å². The van der Waals surface area contributed by atoms with Crippen LogP contribution in [0.5, 0.6) is 0 Å². The van der Waals surface area contributed by atoms with E-state index in [0.29, 0.717) is 12.3 Å². The lowest BCUT2D eigenvalue weighted by molar-refractivity contribution is -0.121. The lowest BCUT2D eigenvalue weighted by Gasteiger charge is -2.02. The van der Waals surface area contributed by atoms with Crippen molar-refractivity contribution in [2.24, 2.45) is 11.0 Å². The minimum atomic E-state index is 0.0415. The largest absolute Gasteiger partial charge is 0.273 e. The second-order valence-electron chi connectivity index (χ2n) is 5.64. The van der Waals surface area contributed by atoms with E-state index >= 15 is 0 Å². The van der Waals surface area contributed by atoms with Crippen molar-refractivity contribution in [1.29, 1.82) is 0 Å². The van der Waals surface area contributed by atoms with Gasteiger partial charge in [0.1, 0.15) is 0 Å². The van der Waals surface area contributed by atoms with Crippen molar-refractivity contribution in [2.75, 3.05) is 0 Å². The number of carbonyl (C=O) groups excluding carboxylic acids is 1. The van der Waals surface area contributed by atoms with E-state index in [1.54, 1.807) is 6.21 Å². The second kappa shape index (κ2) is 13.6. The Morgan fingerprint density at radius 1 is 1.00 bits per heavy atom. The van der Waals surface area contributed by atoms with Crippen LogP contribution in [0, 0.1) is 5.92 Å². The summed E-state index contributed by atoms with van der Waals surface area (Å²) in [6.45, 7) is 6.32. The molecule has 112 valence electrons.